The lowest BCUT2D eigenvalue weighted by Crippen LogP contribution is -2.37. The normalized spacial score (nSPS) is 12.2. The van der Waals surface area contributed by atoms with Crippen LogP contribution in [-0.2, 0) is 11.3 Å². The Morgan fingerprint density at radius 1 is 1.65 bits per heavy atom. The second-order valence-corrected chi connectivity index (χ2v) is 4.79. The van der Waals surface area contributed by atoms with E-state index in [1.807, 2.05) is 13.8 Å². The number of carbonyl (C=O) groups excluding carboxylic acids is 1. The first-order chi connectivity index (χ1) is 7.93. The van der Waals surface area contributed by atoms with Crippen LogP contribution in [0.1, 0.15) is 20.3 Å². The van der Waals surface area contributed by atoms with Crippen molar-refractivity contribution in [2.75, 3.05) is 5.73 Å². The maximum atomic E-state index is 11.7. The first kappa shape index (κ1) is 13.8. The van der Waals surface area contributed by atoms with Gasteiger partial charge in [-0.15, -0.1) is 0 Å². The Balaban J connectivity index is 2.82. The molecule has 17 heavy (non-hydrogen) atoms. The predicted molar refractivity (Wildman–Crippen MR) is 70.7 cm³/mol. The number of pyridine rings is 1. The number of carbonyl (C=O) groups is 1. The van der Waals surface area contributed by atoms with Gasteiger partial charge in [-0.3, -0.25) is 9.59 Å². The van der Waals surface area contributed by atoms with Gasteiger partial charge in [0, 0.05) is 17.9 Å². The van der Waals surface area contributed by atoms with Gasteiger partial charge >= 0.3 is 0 Å². The fourth-order valence-corrected chi connectivity index (χ4v) is 1.81. The summed E-state index contributed by atoms with van der Waals surface area (Å²) in [6.45, 7) is 3.87. The summed E-state index contributed by atoms with van der Waals surface area (Å²) in [6.07, 6.45) is 2.31. The van der Waals surface area contributed by atoms with E-state index in [0.29, 0.717) is 10.2 Å². The minimum atomic E-state index is -0.265. The van der Waals surface area contributed by atoms with Crippen molar-refractivity contribution in [3.05, 3.63) is 27.1 Å². The number of halogens is 1. The van der Waals surface area contributed by atoms with E-state index in [1.165, 1.54) is 16.8 Å². The van der Waals surface area contributed by atoms with E-state index in [0.717, 1.165) is 6.42 Å². The molecule has 1 rings (SSSR count). The Morgan fingerprint density at radius 3 is 2.88 bits per heavy atom. The van der Waals surface area contributed by atoms with Crippen LogP contribution < -0.4 is 16.6 Å². The Morgan fingerprint density at radius 2 is 2.29 bits per heavy atom. The van der Waals surface area contributed by atoms with Crippen LogP contribution in [0.2, 0.25) is 0 Å². The first-order valence-corrected chi connectivity index (χ1v) is 6.18. The lowest BCUT2D eigenvalue weighted by Gasteiger charge is -2.12. The molecule has 1 atom stereocenters. The van der Waals surface area contributed by atoms with Crippen LogP contribution in [-0.4, -0.2) is 16.5 Å². The van der Waals surface area contributed by atoms with Gasteiger partial charge in [-0.25, -0.2) is 0 Å². The highest BCUT2D eigenvalue weighted by atomic mass is 79.9. The smallest absolute Gasteiger partial charge is 0.265 e. The van der Waals surface area contributed by atoms with Gasteiger partial charge < -0.3 is 15.6 Å². The maximum Gasteiger partial charge on any atom is 0.265 e. The fourth-order valence-electron chi connectivity index (χ4n) is 1.32. The Bertz CT molecular complexity index is 470. The highest BCUT2D eigenvalue weighted by Gasteiger charge is 2.09. The van der Waals surface area contributed by atoms with Crippen molar-refractivity contribution < 1.29 is 4.79 Å². The summed E-state index contributed by atoms with van der Waals surface area (Å²) in [6, 6.07) is 1.62. The molecular weight excluding hydrogens is 286 g/mol. The SMILES string of the molecule is CCC(C)NC(=O)Cn1cc(N)cc(Br)c1=O. The Kier molecular flexibility index (Phi) is 4.74. The van der Waals surface area contributed by atoms with Gasteiger partial charge in [-0.05, 0) is 35.3 Å². The molecular formula is C11H16BrN3O2. The van der Waals surface area contributed by atoms with Gasteiger partial charge in [0.1, 0.15) is 6.54 Å². The molecule has 1 amide bonds. The summed E-state index contributed by atoms with van der Waals surface area (Å²) in [4.78, 5) is 23.3. The Hall–Kier alpha value is -1.30. The highest BCUT2D eigenvalue weighted by molar-refractivity contribution is 9.10. The molecule has 94 valence electrons. The number of nitrogen functional groups attached to an aromatic ring is 1. The average molecular weight is 302 g/mol. The van der Waals surface area contributed by atoms with Crippen molar-refractivity contribution in [3.63, 3.8) is 0 Å². The van der Waals surface area contributed by atoms with Gasteiger partial charge in [-0.1, -0.05) is 6.92 Å². The summed E-state index contributed by atoms with van der Waals surface area (Å²) in [5, 5.41) is 2.79. The molecule has 1 unspecified atom stereocenters. The number of rotatable bonds is 4. The minimum absolute atomic E-state index is 0.0210. The highest BCUT2D eigenvalue weighted by Crippen LogP contribution is 2.07. The van der Waals surface area contributed by atoms with Gasteiger partial charge in [0.2, 0.25) is 5.91 Å². The van der Waals surface area contributed by atoms with E-state index >= 15 is 0 Å². The molecule has 0 bridgehead atoms. The predicted octanol–water partition coefficient (Wildman–Crippen LogP) is 1.11. The fraction of sp³-hybridized carbons (Fsp3) is 0.455. The van der Waals surface area contributed by atoms with Crippen molar-refractivity contribution in [3.8, 4) is 0 Å². The van der Waals surface area contributed by atoms with E-state index in [-0.39, 0.29) is 24.1 Å². The standard InChI is InChI=1S/C11H16BrN3O2/c1-3-7(2)14-10(16)6-15-5-8(13)4-9(12)11(15)17/h4-5,7H,3,6,13H2,1-2H3,(H,14,16). The van der Waals surface area contributed by atoms with Gasteiger partial charge in [0.15, 0.2) is 0 Å². The van der Waals surface area contributed by atoms with Crippen LogP contribution >= 0.6 is 15.9 Å². The molecule has 0 radical (unpaired) electrons. The van der Waals surface area contributed by atoms with E-state index in [9.17, 15) is 9.59 Å². The van der Waals surface area contributed by atoms with Crippen molar-refractivity contribution in [2.24, 2.45) is 0 Å². The number of hydrogen-bond acceptors (Lipinski definition) is 3. The van der Waals surface area contributed by atoms with Gasteiger partial charge in [0.05, 0.1) is 4.47 Å². The molecule has 1 heterocycles. The van der Waals surface area contributed by atoms with Crippen molar-refractivity contribution in [1.29, 1.82) is 0 Å². The number of nitrogens with one attached hydrogen (secondary N) is 1. The third-order valence-corrected chi connectivity index (χ3v) is 2.97. The van der Waals surface area contributed by atoms with Crippen molar-refractivity contribution >= 4 is 27.5 Å². The minimum Gasteiger partial charge on any atom is -0.398 e. The lowest BCUT2D eigenvalue weighted by atomic mass is 10.2. The zero-order valence-electron chi connectivity index (χ0n) is 9.87. The molecule has 0 spiro atoms. The molecule has 1 aromatic rings. The quantitative estimate of drug-likeness (QED) is 0.874. The van der Waals surface area contributed by atoms with Crippen LogP contribution in [0.25, 0.3) is 0 Å². The summed E-state index contributed by atoms with van der Waals surface area (Å²) in [7, 11) is 0. The zero-order valence-corrected chi connectivity index (χ0v) is 11.5. The molecule has 6 heteroatoms. The van der Waals surface area contributed by atoms with Gasteiger partial charge in [0.25, 0.3) is 5.56 Å². The molecule has 0 saturated carbocycles. The number of anilines is 1. The topological polar surface area (TPSA) is 77.1 Å². The average Bonchev–Trinajstić information content (AvgIpc) is 2.24. The number of hydrogen-bond donors (Lipinski definition) is 2. The van der Waals surface area contributed by atoms with E-state index in [2.05, 4.69) is 21.2 Å². The second kappa shape index (κ2) is 5.86. The lowest BCUT2D eigenvalue weighted by molar-refractivity contribution is -0.122. The molecule has 0 fully saturated rings. The third kappa shape index (κ3) is 3.89. The summed E-state index contributed by atoms with van der Waals surface area (Å²) in [5.41, 5.74) is 5.78. The summed E-state index contributed by atoms with van der Waals surface area (Å²) in [5.74, 6) is -0.195. The molecule has 0 aromatic carbocycles. The maximum absolute atomic E-state index is 11.7. The molecule has 0 aliphatic rings. The number of nitrogens with zero attached hydrogens (tertiary/aromatic N) is 1. The number of aromatic nitrogens is 1. The summed E-state index contributed by atoms with van der Waals surface area (Å²) < 4.78 is 1.64. The molecule has 5 nitrogen and oxygen atoms in total. The van der Waals surface area contributed by atoms with Crippen LogP contribution in [0.5, 0.6) is 0 Å². The van der Waals surface area contributed by atoms with E-state index in [4.69, 9.17) is 5.73 Å². The molecule has 1 aromatic heterocycles. The number of nitrogens with two attached hydrogens (primary N) is 1. The van der Waals surface area contributed by atoms with Gasteiger partial charge in [-0.2, -0.15) is 0 Å². The summed E-state index contributed by atoms with van der Waals surface area (Å²) >= 11 is 3.11. The third-order valence-electron chi connectivity index (χ3n) is 2.40. The van der Waals surface area contributed by atoms with Crippen molar-refractivity contribution in [1.82, 2.24) is 9.88 Å². The molecule has 0 aliphatic heterocycles. The molecule has 0 saturated heterocycles. The molecule has 0 aliphatic carbocycles. The van der Waals surface area contributed by atoms with E-state index < -0.39 is 0 Å². The second-order valence-electron chi connectivity index (χ2n) is 3.93. The zero-order chi connectivity index (χ0) is 13.0. The monoisotopic (exact) mass is 301 g/mol. The van der Waals surface area contributed by atoms with Crippen LogP contribution in [0.15, 0.2) is 21.5 Å². The van der Waals surface area contributed by atoms with Crippen molar-refractivity contribution in [2.45, 2.75) is 32.9 Å². The first-order valence-electron chi connectivity index (χ1n) is 5.38. The van der Waals surface area contributed by atoms with Crippen LogP contribution in [0.3, 0.4) is 0 Å². The largest absolute Gasteiger partial charge is 0.398 e. The van der Waals surface area contributed by atoms with Crippen LogP contribution in [0.4, 0.5) is 5.69 Å². The van der Waals surface area contributed by atoms with E-state index in [1.54, 1.807) is 0 Å². The van der Waals surface area contributed by atoms with Crippen LogP contribution in [0, 0.1) is 0 Å². The molecule has 3 N–H and O–H groups in total. The number of amides is 1. The Labute approximate surface area is 108 Å².